The number of nitrogen functional groups attached to an aromatic ring is 1. The number of halogens is 3. The number of carbonyl (C=O) groups excluding carboxylic acids is 1. The SMILES string of the molecule is CN1CCCC1CNC(=O)c1nc(-c2ccc3ncc(C(F)(F)F)n3c2)c(-c2ncco2)nc1N. The van der Waals surface area contributed by atoms with Gasteiger partial charge in [-0.05, 0) is 38.6 Å². The van der Waals surface area contributed by atoms with E-state index >= 15 is 0 Å². The van der Waals surface area contributed by atoms with Crippen molar-refractivity contribution in [2.24, 2.45) is 0 Å². The van der Waals surface area contributed by atoms with Gasteiger partial charge in [-0.15, -0.1) is 0 Å². The summed E-state index contributed by atoms with van der Waals surface area (Å²) in [4.78, 5) is 31.7. The molecule has 0 saturated carbocycles. The lowest BCUT2D eigenvalue weighted by Gasteiger charge is -2.19. The molecule has 1 unspecified atom stereocenters. The van der Waals surface area contributed by atoms with Crippen molar-refractivity contribution in [3.63, 3.8) is 0 Å². The average molecular weight is 486 g/mol. The van der Waals surface area contributed by atoms with Gasteiger partial charge in [0.1, 0.15) is 23.3 Å². The van der Waals surface area contributed by atoms with E-state index in [1.54, 1.807) is 0 Å². The molecule has 0 bridgehead atoms. The number of fused-ring (bicyclic) bond motifs is 1. The lowest BCUT2D eigenvalue weighted by Crippen LogP contribution is -2.38. The molecule has 35 heavy (non-hydrogen) atoms. The van der Waals surface area contributed by atoms with Gasteiger partial charge in [0.25, 0.3) is 5.91 Å². The van der Waals surface area contributed by atoms with Crippen LogP contribution in [0.25, 0.3) is 28.5 Å². The second-order valence-electron chi connectivity index (χ2n) is 8.27. The molecule has 5 heterocycles. The Labute approximate surface area is 197 Å². The fourth-order valence-corrected chi connectivity index (χ4v) is 4.17. The van der Waals surface area contributed by atoms with Crippen LogP contribution in [-0.2, 0) is 6.18 Å². The molecule has 4 aromatic heterocycles. The first-order valence-corrected chi connectivity index (χ1v) is 10.8. The molecule has 3 N–H and O–H groups in total. The van der Waals surface area contributed by atoms with Gasteiger partial charge in [-0.3, -0.25) is 9.20 Å². The lowest BCUT2D eigenvalue weighted by molar-refractivity contribution is -0.141. The molecule has 1 aliphatic rings. The molecule has 13 heteroatoms. The summed E-state index contributed by atoms with van der Waals surface area (Å²) in [6.45, 7) is 1.36. The zero-order valence-corrected chi connectivity index (χ0v) is 18.6. The Balaban J connectivity index is 1.58. The molecule has 0 radical (unpaired) electrons. The Hall–Kier alpha value is -4.00. The van der Waals surface area contributed by atoms with Crippen molar-refractivity contribution >= 4 is 17.4 Å². The molecule has 1 aliphatic heterocycles. The first kappa shape index (κ1) is 22.8. The number of pyridine rings is 1. The number of nitrogens with one attached hydrogen (secondary N) is 1. The van der Waals surface area contributed by atoms with Crippen LogP contribution in [0.2, 0.25) is 0 Å². The third-order valence-electron chi connectivity index (χ3n) is 6.01. The van der Waals surface area contributed by atoms with Gasteiger partial charge in [-0.1, -0.05) is 0 Å². The van der Waals surface area contributed by atoms with E-state index in [4.69, 9.17) is 10.2 Å². The van der Waals surface area contributed by atoms with Crippen LogP contribution in [-0.4, -0.2) is 61.3 Å². The Morgan fingerprint density at radius 1 is 1.26 bits per heavy atom. The van der Waals surface area contributed by atoms with Crippen LogP contribution in [0.4, 0.5) is 19.0 Å². The fraction of sp³-hybridized carbons (Fsp3) is 0.318. The summed E-state index contributed by atoms with van der Waals surface area (Å²) in [6.07, 6.45) is 2.07. The number of anilines is 1. The Kier molecular flexibility index (Phi) is 5.63. The van der Waals surface area contributed by atoms with Crippen LogP contribution in [0.1, 0.15) is 29.0 Å². The number of imidazole rings is 1. The molecule has 0 spiro atoms. The molecule has 1 amide bonds. The van der Waals surface area contributed by atoms with Gasteiger partial charge in [-0.25, -0.2) is 19.9 Å². The Morgan fingerprint density at radius 3 is 2.77 bits per heavy atom. The van der Waals surface area contributed by atoms with Crippen LogP contribution in [0.3, 0.4) is 0 Å². The molecule has 5 rings (SSSR count). The quantitative estimate of drug-likeness (QED) is 0.441. The monoisotopic (exact) mass is 486 g/mol. The van der Waals surface area contributed by atoms with Crippen LogP contribution >= 0.6 is 0 Å². The number of rotatable bonds is 5. The third-order valence-corrected chi connectivity index (χ3v) is 6.01. The topological polar surface area (TPSA) is 127 Å². The van der Waals surface area contributed by atoms with E-state index in [0.29, 0.717) is 6.54 Å². The summed E-state index contributed by atoms with van der Waals surface area (Å²) in [5.74, 6) is -0.630. The minimum atomic E-state index is -4.62. The molecule has 1 atom stereocenters. The molecular formula is C22H21F3N8O2. The first-order chi connectivity index (χ1) is 16.7. The molecule has 4 aromatic rings. The van der Waals surface area contributed by atoms with Crippen LogP contribution < -0.4 is 11.1 Å². The van der Waals surface area contributed by atoms with E-state index in [-0.39, 0.29) is 46.0 Å². The number of oxazole rings is 1. The van der Waals surface area contributed by atoms with E-state index in [1.165, 1.54) is 30.8 Å². The van der Waals surface area contributed by atoms with Crippen molar-refractivity contribution in [3.05, 3.63) is 48.4 Å². The number of aromatic nitrogens is 5. The number of amides is 1. The van der Waals surface area contributed by atoms with Crippen molar-refractivity contribution < 1.29 is 22.4 Å². The normalized spacial score (nSPS) is 16.7. The first-order valence-electron chi connectivity index (χ1n) is 10.8. The van der Waals surface area contributed by atoms with Crippen molar-refractivity contribution in [1.82, 2.24) is 34.6 Å². The molecule has 1 fully saturated rings. The van der Waals surface area contributed by atoms with Crippen molar-refractivity contribution in [2.75, 3.05) is 25.9 Å². The number of likely N-dealkylation sites (N-methyl/N-ethyl adjacent to an activating group) is 1. The van der Waals surface area contributed by atoms with Gasteiger partial charge in [-0.2, -0.15) is 13.2 Å². The Bertz CT molecular complexity index is 1380. The van der Waals surface area contributed by atoms with Gasteiger partial charge >= 0.3 is 6.18 Å². The number of likely N-dealkylation sites (tertiary alicyclic amines) is 1. The second kappa shape index (κ2) is 8.65. The van der Waals surface area contributed by atoms with E-state index < -0.39 is 17.8 Å². The summed E-state index contributed by atoms with van der Waals surface area (Å²) in [5.41, 5.74) is 5.49. The van der Waals surface area contributed by atoms with E-state index in [9.17, 15) is 18.0 Å². The number of alkyl halides is 3. The van der Waals surface area contributed by atoms with Crippen LogP contribution in [0.5, 0.6) is 0 Å². The van der Waals surface area contributed by atoms with Gasteiger partial charge in [0.15, 0.2) is 17.2 Å². The van der Waals surface area contributed by atoms with E-state index in [2.05, 4.69) is 30.2 Å². The fourth-order valence-electron chi connectivity index (χ4n) is 4.17. The predicted molar refractivity (Wildman–Crippen MR) is 119 cm³/mol. The predicted octanol–water partition coefficient (Wildman–Crippen LogP) is 2.87. The summed E-state index contributed by atoms with van der Waals surface area (Å²) < 4.78 is 46.6. The summed E-state index contributed by atoms with van der Waals surface area (Å²) in [6, 6.07) is 3.14. The highest BCUT2D eigenvalue weighted by atomic mass is 19.4. The van der Waals surface area contributed by atoms with Gasteiger partial charge in [0.2, 0.25) is 5.89 Å². The van der Waals surface area contributed by atoms with Gasteiger partial charge < -0.3 is 20.4 Å². The van der Waals surface area contributed by atoms with E-state index in [1.807, 2.05) is 7.05 Å². The standard InChI is InChI=1S/C22H21F3N8O2/c1-32-7-2-3-13(32)9-29-20(34)18-19(26)31-17(21-27-6-8-35-21)16(30-18)12-4-5-15-28-10-14(22(23,24)25)33(15)11-12/h4-6,8,10-11,13H,2-3,7,9H2,1H3,(H2,26,31)(H,29,34). The smallest absolute Gasteiger partial charge is 0.433 e. The maximum absolute atomic E-state index is 13.5. The number of carbonyl (C=O) groups is 1. The molecule has 0 aromatic carbocycles. The van der Waals surface area contributed by atoms with Crippen molar-refractivity contribution in [1.29, 1.82) is 0 Å². The maximum Gasteiger partial charge on any atom is 0.433 e. The minimum Gasteiger partial charge on any atom is -0.443 e. The third kappa shape index (κ3) is 4.30. The van der Waals surface area contributed by atoms with Crippen LogP contribution in [0, 0.1) is 0 Å². The molecule has 0 aliphatic carbocycles. The molecule has 182 valence electrons. The molecule has 10 nitrogen and oxygen atoms in total. The van der Waals surface area contributed by atoms with Crippen LogP contribution in [0.15, 0.2) is 41.4 Å². The number of nitrogens with zero attached hydrogens (tertiary/aromatic N) is 6. The highest BCUT2D eigenvalue weighted by Crippen LogP contribution is 2.33. The minimum absolute atomic E-state index is 0.0560. The zero-order valence-electron chi connectivity index (χ0n) is 18.6. The molecule has 1 saturated heterocycles. The largest absolute Gasteiger partial charge is 0.443 e. The summed E-state index contributed by atoms with van der Waals surface area (Å²) >= 11 is 0. The number of hydrogen-bond donors (Lipinski definition) is 2. The van der Waals surface area contributed by atoms with Gasteiger partial charge in [0, 0.05) is 24.3 Å². The summed E-state index contributed by atoms with van der Waals surface area (Å²) in [7, 11) is 1.99. The van der Waals surface area contributed by atoms with Crippen molar-refractivity contribution in [2.45, 2.75) is 25.1 Å². The van der Waals surface area contributed by atoms with Crippen molar-refractivity contribution in [3.8, 4) is 22.8 Å². The highest BCUT2D eigenvalue weighted by molar-refractivity contribution is 5.97. The molecular weight excluding hydrogens is 465 g/mol. The average Bonchev–Trinajstić information content (AvgIpc) is 3.57. The highest BCUT2D eigenvalue weighted by Gasteiger charge is 2.34. The van der Waals surface area contributed by atoms with E-state index in [0.717, 1.165) is 30.0 Å². The maximum atomic E-state index is 13.5. The second-order valence-corrected chi connectivity index (χ2v) is 8.27. The van der Waals surface area contributed by atoms with Gasteiger partial charge in [0.05, 0.1) is 12.4 Å². The number of hydrogen-bond acceptors (Lipinski definition) is 8. The Morgan fingerprint density at radius 2 is 2.09 bits per heavy atom. The lowest BCUT2D eigenvalue weighted by atomic mass is 10.1. The number of nitrogens with two attached hydrogens (primary N) is 1. The summed E-state index contributed by atoms with van der Waals surface area (Å²) in [5, 5.41) is 2.83. The zero-order chi connectivity index (χ0) is 24.7.